The summed E-state index contributed by atoms with van der Waals surface area (Å²) >= 11 is 0. The van der Waals surface area contributed by atoms with Crippen molar-refractivity contribution in [1.82, 2.24) is 5.06 Å². The normalized spacial score (nSPS) is 21.3. The maximum Gasteiger partial charge on any atom is 0.151 e. The van der Waals surface area contributed by atoms with E-state index in [1.54, 1.807) is 12.1 Å². The van der Waals surface area contributed by atoms with E-state index in [1.807, 2.05) is 44.2 Å². The largest absolute Gasteiger partial charge is 0.311 e. The first-order valence-corrected chi connectivity index (χ1v) is 6.87. The number of hydroxylamine groups is 2. The van der Waals surface area contributed by atoms with Gasteiger partial charge in [0.2, 0.25) is 0 Å². The predicted octanol–water partition coefficient (Wildman–Crippen LogP) is 3.80. The second kappa shape index (κ2) is 5.06. The molecular weight excluding hydrogens is 267 g/mol. The molecule has 3 nitrogen and oxygen atoms in total. The SMILES string of the molecule is CC1(C)C(c2ccccc2)=N[C@@H](c2ccc(F)cc2)N1O. The molecule has 0 amide bonds. The van der Waals surface area contributed by atoms with Gasteiger partial charge < -0.3 is 5.21 Å². The van der Waals surface area contributed by atoms with Crippen LogP contribution in [0.5, 0.6) is 0 Å². The van der Waals surface area contributed by atoms with Crippen LogP contribution in [0.1, 0.15) is 31.1 Å². The Morgan fingerprint density at radius 3 is 2.29 bits per heavy atom. The van der Waals surface area contributed by atoms with Crippen molar-refractivity contribution in [2.75, 3.05) is 0 Å². The van der Waals surface area contributed by atoms with Crippen LogP contribution in [0.2, 0.25) is 0 Å². The molecule has 2 aromatic carbocycles. The summed E-state index contributed by atoms with van der Waals surface area (Å²) in [6.07, 6.45) is -0.518. The Kier molecular flexibility index (Phi) is 3.35. The van der Waals surface area contributed by atoms with E-state index in [0.717, 1.165) is 16.8 Å². The zero-order valence-corrected chi connectivity index (χ0v) is 12.0. The van der Waals surface area contributed by atoms with Crippen LogP contribution in [-0.2, 0) is 0 Å². The monoisotopic (exact) mass is 284 g/mol. The van der Waals surface area contributed by atoms with Crippen molar-refractivity contribution >= 4 is 5.71 Å². The molecule has 0 radical (unpaired) electrons. The molecular formula is C17H17FN2O. The lowest BCUT2D eigenvalue weighted by molar-refractivity contribution is -0.159. The van der Waals surface area contributed by atoms with Crippen molar-refractivity contribution in [2.24, 2.45) is 4.99 Å². The summed E-state index contributed by atoms with van der Waals surface area (Å²) in [5, 5.41) is 11.7. The molecule has 1 aliphatic rings. The van der Waals surface area contributed by atoms with Gasteiger partial charge in [0.1, 0.15) is 5.82 Å². The highest BCUT2D eigenvalue weighted by Gasteiger charge is 2.43. The summed E-state index contributed by atoms with van der Waals surface area (Å²) in [6, 6.07) is 15.8. The van der Waals surface area contributed by atoms with Crippen molar-refractivity contribution in [3.05, 3.63) is 71.5 Å². The summed E-state index contributed by atoms with van der Waals surface area (Å²) in [6.45, 7) is 3.84. The van der Waals surface area contributed by atoms with Crippen LogP contribution in [0, 0.1) is 5.82 Å². The summed E-state index contributed by atoms with van der Waals surface area (Å²) in [7, 11) is 0. The van der Waals surface area contributed by atoms with Crippen LogP contribution < -0.4 is 0 Å². The van der Waals surface area contributed by atoms with Crippen LogP contribution in [0.25, 0.3) is 0 Å². The summed E-state index contributed by atoms with van der Waals surface area (Å²) in [4.78, 5) is 4.66. The fourth-order valence-corrected chi connectivity index (χ4v) is 2.62. The molecule has 0 spiro atoms. The maximum absolute atomic E-state index is 13.1. The Hall–Kier alpha value is -2.04. The van der Waals surface area contributed by atoms with E-state index in [0.29, 0.717) is 0 Å². The molecule has 0 bridgehead atoms. The second-order valence-electron chi connectivity index (χ2n) is 5.67. The molecule has 1 N–H and O–H groups in total. The van der Waals surface area contributed by atoms with E-state index in [1.165, 1.54) is 17.2 Å². The molecule has 0 fully saturated rings. The number of hydrogen-bond donors (Lipinski definition) is 1. The molecule has 0 aromatic heterocycles. The maximum atomic E-state index is 13.1. The Morgan fingerprint density at radius 1 is 1.05 bits per heavy atom. The number of aliphatic imine (C=N–C) groups is 1. The van der Waals surface area contributed by atoms with Crippen molar-refractivity contribution in [3.8, 4) is 0 Å². The van der Waals surface area contributed by atoms with Gasteiger partial charge in [0, 0.05) is 0 Å². The molecule has 0 unspecified atom stereocenters. The van der Waals surface area contributed by atoms with Gasteiger partial charge in [-0.1, -0.05) is 42.5 Å². The average molecular weight is 284 g/mol. The van der Waals surface area contributed by atoms with Crippen molar-refractivity contribution in [2.45, 2.75) is 25.6 Å². The van der Waals surface area contributed by atoms with Gasteiger partial charge in [-0.05, 0) is 37.1 Å². The number of rotatable bonds is 2. The molecule has 0 saturated heterocycles. The first kappa shape index (κ1) is 13.9. The third kappa shape index (κ3) is 2.37. The Bertz CT molecular complexity index is 665. The van der Waals surface area contributed by atoms with Gasteiger partial charge in [-0.2, -0.15) is 5.06 Å². The fourth-order valence-electron chi connectivity index (χ4n) is 2.62. The highest BCUT2D eigenvalue weighted by molar-refractivity contribution is 6.07. The molecule has 1 aliphatic heterocycles. The van der Waals surface area contributed by atoms with E-state index in [2.05, 4.69) is 4.99 Å². The number of nitrogens with zero attached hydrogens (tertiary/aromatic N) is 2. The van der Waals surface area contributed by atoms with E-state index in [9.17, 15) is 9.60 Å². The van der Waals surface area contributed by atoms with Gasteiger partial charge >= 0.3 is 0 Å². The zero-order valence-electron chi connectivity index (χ0n) is 12.0. The summed E-state index contributed by atoms with van der Waals surface area (Å²) in [5.41, 5.74) is 1.95. The number of halogens is 1. The van der Waals surface area contributed by atoms with Crippen LogP contribution in [0.3, 0.4) is 0 Å². The molecule has 4 heteroatoms. The Morgan fingerprint density at radius 2 is 1.67 bits per heavy atom. The van der Waals surface area contributed by atoms with Crippen LogP contribution in [0.15, 0.2) is 59.6 Å². The Labute approximate surface area is 123 Å². The van der Waals surface area contributed by atoms with Crippen molar-refractivity contribution in [3.63, 3.8) is 0 Å². The minimum Gasteiger partial charge on any atom is -0.311 e. The molecule has 2 aromatic rings. The highest BCUT2D eigenvalue weighted by Crippen LogP contribution is 2.37. The molecule has 0 saturated carbocycles. The van der Waals surface area contributed by atoms with Gasteiger partial charge in [-0.25, -0.2) is 4.39 Å². The lowest BCUT2D eigenvalue weighted by atomic mass is 9.93. The number of hydrogen-bond acceptors (Lipinski definition) is 3. The molecule has 21 heavy (non-hydrogen) atoms. The molecule has 3 rings (SSSR count). The van der Waals surface area contributed by atoms with Gasteiger partial charge in [-0.3, -0.25) is 4.99 Å². The minimum absolute atomic E-state index is 0.298. The third-order valence-electron chi connectivity index (χ3n) is 3.85. The highest BCUT2D eigenvalue weighted by atomic mass is 19.1. The van der Waals surface area contributed by atoms with Crippen LogP contribution in [0.4, 0.5) is 4.39 Å². The van der Waals surface area contributed by atoms with Gasteiger partial charge in [0.25, 0.3) is 0 Å². The van der Waals surface area contributed by atoms with Gasteiger partial charge in [0.15, 0.2) is 6.17 Å². The standard InChI is InChI=1S/C17H17FN2O/c1-17(2)15(12-6-4-3-5-7-12)19-16(20(17)21)13-8-10-14(18)11-9-13/h3-11,16,21H,1-2H3/t16-/m1/s1. The lowest BCUT2D eigenvalue weighted by Crippen LogP contribution is -2.44. The van der Waals surface area contributed by atoms with E-state index < -0.39 is 11.7 Å². The second-order valence-corrected chi connectivity index (χ2v) is 5.67. The van der Waals surface area contributed by atoms with Crippen LogP contribution >= 0.6 is 0 Å². The van der Waals surface area contributed by atoms with Gasteiger partial charge in [0.05, 0.1) is 11.3 Å². The third-order valence-corrected chi connectivity index (χ3v) is 3.85. The Balaban J connectivity index is 2.04. The fraction of sp³-hybridized carbons (Fsp3) is 0.235. The summed E-state index contributed by atoms with van der Waals surface area (Å²) in [5.74, 6) is -0.298. The molecule has 1 atom stereocenters. The van der Waals surface area contributed by atoms with Crippen molar-refractivity contribution < 1.29 is 9.60 Å². The first-order chi connectivity index (χ1) is 10.00. The van der Waals surface area contributed by atoms with E-state index in [4.69, 9.17) is 0 Å². The first-order valence-electron chi connectivity index (χ1n) is 6.87. The van der Waals surface area contributed by atoms with Crippen molar-refractivity contribution in [1.29, 1.82) is 0 Å². The quantitative estimate of drug-likeness (QED) is 0.910. The van der Waals surface area contributed by atoms with Gasteiger partial charge in [-0.15, -0.1) is 0 Å². The lowest BCUT2D eigenvalue weighted by Gasteiger charge is -2.30. The van der Waals surface area contributed by atoms with E-state index >= 15 is 0 Å². The zero-order chi connectivity index (χ0) is 15.0. The molecule has 0 aliphatic carbocycles. The smallest absolute Gasteiger partial charge is 0.151 e. The van der Waals surface area contributed by atoms with E-state index in [-0.39, 0.29) is 5.82 Å². The minimum atomic E-state index is -0.611. The summed E-state index contributed by atoms with van der Waals surface area (Å²) < 4.78 is 13.1. The predicted molar refractivity (Wildman–Crippen MR) is 79.8 cm³/mol. The molecule has 108 valence electrons. The number of benzene rings is 2. The molecule has 1 heterocycles. The average Bonchev–Trinajstić information content (AvgIpc) is 2.72. The van der Waals surface area contributed by atoms with Crippen LogP contribution in [-0.4, -0.2) is 21.5 Å². The topological polar surface area (TPSA) is 35.8 Å².